The monoisotopic (exact) mass is 518 g/mol. The van der Waals surface area contributed by atoms with E-state index >= 15 is 0 Å². The van der Waals surface area contributed by atoms with Gasteiger partial charge in [0, 0.05) is 16.4 Å². The van der Waals surface area contributed by atoms with Gasteiger partial charge in [-0.25, -0.2) is 15.2 Å². The highest BCUT2D eigenvalue weighted by atomic mass is 32.2. The third-order valence-electron chi connectivity index (χ3n) is 6.01. The van der Waals surface area contributed by atoms with Crippen LogP contribution in [-0.4, -0.2) is 88.3 Å². The van der Waals surface area contributed by atoms with Crippen LogP contribution in [0.2, 0.25) is 0 Å². The molecule has 0 bridgehead atoms. The van der Waals surface area contributed by atoms with E-state index in [0.29, 0.717) is 17.1 Å². The van der Waals surface area contributed by atoms with Gasteiger partial charge in [-0.15, -0.1) is 11.8 Å². The number of hydrogen-bond acceptors (Lipinski definition) is 10. The third kappa shape index (κ3) is 4.67. The molecule has 36 heavy (non-hydrogen) atoms. The van der Waals surface area contributed by atoms with Crippen LogP contribution < -0.4 is 25.5 Å². The maximum atomic E-state index is 12.6. The molecular weight excluding hydrogens is 492 g/mol. The van der Waals surface area contributed by atoms with Crippen molar-refractivity contribution in [2.45, 2.75) is 48.5 Å². The number of fused-ring (bicyclic) bond motifs is 1. The Kier molecular flexibility index (Phi) is 6.80. The maximum Gasteiger partial charge on any atom is 0.327 e. The summed E-state index contributed by atoms with van der Waals surface area (Å²) in [6.45, 7) is 3.50. The zero-order chi connectivity index (χ0) is 26.2. The van der Waals surface area contributed by atoms with Crippen molar-refractivity contribution >= 4 is 47.6 Å². The van der Waals surface area contributed by atoms with Gasteiger partial charge in [-0.05, 0) is 26.0 Å². The van der Waals surface area contributed by atoms with Crippen molar-refractivity contribution < 1.29 is 33.8 Å². The largest absolute Gasteiger partial charge is 0.497 e. The number of carbonyl (C=O) groups is 4. The van der Waals surface area contributed by atoms with Gasteiger partial charge in [0.05, 0.1) is 26.9 Å². The molecule has 0 radical (unpaired) electrons. The molecule has 4 N–H and O–H groups in total. The quantitative estimate of drug-likeness (QED) is 0.201. The average molecular weight is 519 g/mol. The average Bonchev–Trinajstić information content (AvgIpc) is 3.30. The molecule has 3 aliphatic heterocycles. The van der Waals surface area contributed by atoms with Gasteiger partial charge < -0.3 is 24.8 Å². The molecule has 2 fully saturated rings. The number of hydrazone groups is 1. The summed E-state index contributed by atoms with van der Waals surface area (Å²) in [5.74, 6) is -1.34. The molecule has 0 saturated carbocycles. The van der Waals surface area contributed by atoms with Crippen molar-refractivity contribution in [2.24, 2.45) is 10.1 Å². The highest BCUT2D eigenvalue weighted by Gasteiger charge is 2.64. The van der Waals surface area contributed by atoms with E-state index in [1.165, 1.54) is 30.0 Å². The molecule has 192 valence electrons. The minimum Gasteiger partial charge on any atom is -0.497 e. The van der Waals surface area contributed by atoms with Gasteiger partial charge in [0.15, 0.2) is 0 Å². The molecule has 0 aliphatic carbocycles. The number of carboxylic acids is 1. The lowest BCUT2D eigenvalue weighted by atomic mass is 9.96. The highest BCUT2D eigenvalue weighted by Crippen LogP contribution is 2.50. The molecule has 3 aliphatic rings. The number of carboxylic acid groups (broad SMARTS) is 1. The van der Waals surface area contributed by atoms with E-state index in [1.54, 1.807) is 39.2 Å². The number of rotatable bonds is 8. The molecular formula is C22H26N6O7S. The van der Waals surface area contributed by atoms with E-state index in [9.17, 15) is 24.3 Å². The van der Waals surface area contributed by atoms with Crippen molar-refractivity contribution in [2.75, 3.05) is 14.2 Å². The molecule has 2 saturated heterocycles. The predicted molar refractivity (Wildman–Crippen MR) is 130 cm³/mol. The van der Waals surface area contributed by atoms with Crippen LogP contribution >= 0.6 is 11.8 Å². The van der Waals surface area contributed by atoms with Crippen LogP contribution in [0.15, 0.2) is 28.3 Å². The number of hydrogen-bond donors (Lipinski definition) is 4. The third-order valence-corrected chi connectivity index (χ3v) is 7.59. The number of thioether (sulfide) groups is 1. The number of β-lactam (4-membered cyclic amide) rings is 1. The summed E-state index contributed by atoms with van der Waals surface area (Å²) in [5, 5.41) is 18.2. The molecule has 0 aromatic heterocycles. The number of benzene rings is 1. The summed E-state index contributed by atoms with van der Waals surface area (Å²) in [6, 6.07) is 2.38. The van der Waals surface area contributed by atoms with Crippen LogP contribution in [0.3, 0.4) is 0 Å². The van der Waals surface area contributed by atoms with Crippen LogP contribution in [0.25, 0.3) is 0 Å². The van der Waals surface area contributed by atoms with E-state index in [1.807, 2.05) is 0 Å². The fourth-order valence-corrected chi connectivity index (χ4v) is 5.91. The number of nitrogens with zero attached hydrogens (tertiary/aromatic N) is 3. The van der Waals surface area contributed by atoms with Crippen molar-refractivity contribution in [3.8, 4) is 11.5 Å². The van der Waals surface area contributed by atoms with Gasteiger partial charge in [-0.1, -0.05) is 0 Å². The highest BCUT2D eigenvalue weighted by molar-refractivity contribution is 8.01. The number of nitrogens with one attached hydrogen (secondary N) is 3. The fourth-order valence-electron chi connectivity index (χ4n) is 4.28. The Hall–Kier alpha value is -3.81. The SMILES string of the molecule is COc1ccc(/C=N/NC2=NC(CC(=O)NC3C(=O)N4C3SC(C)(C)C4C(=O)O)C(=O)N2)c(OC)c1. The summed E-state index contributed by atoms with van der Waals surface area (Å²) in [5.41, 5.74) is 3.27. The Bertz CT molecular complexity index is 1170. The Morgan fingerprint density at radius 1 is 1.31 bits per heavy atom. The fraction of sp³-hybridized carbons (Fsp3) is 0.455. The maximum absolute atomic E-state index is 12.6. The lowest BCUT2D eigenvalue weighted by molar-refractivity contribution is -0.161. The number of aliphatic imine (C=N–C) groups is 1. The minimum absolute atomic E-state index is 0.0739. The van der Waals surface area contributed by atoms with Gasteiger partial charge in [0.2, 0.25) is 17.8 Å². The number of guanidine groups is 1. The van der Waals surface area contributed by atoms with Crippen LogP contribution in [0.1, 0.15) is 25.8 Å². The standard InChI is InChI=1S/C22H26N6O7S/c1-22(2)16(20(32)33)28-18(31)15(19(28)36-22)25-14(29)8-12-17(30)26-21(24-12)27-23-9-10-5-6-11(34-3)7-13(10)35-4/h5-7,9,12,15-16,19H,8H2,1-4H3,(H,25,29)(H,32,33)(H2,24,26,27,30)/b23-9+. The molecule has 1 aromatic rings. The lowest BCUT2D eigenvalue weighted by Gasteiger charge is -2.43. The van der Waals surface area contributed by atoms with Crippen molar-refractivity contribution in [3.63, 3.8) is 0 Å². The second-order valence-corrected chi connectivity index (χ2v) is 10.6. The van der Waals surface area contributed by atoms with E-state index in [2.05, 4.69) is 26.2 Å². The Balaban J connectivity index is 1.32. The first-order chi connectivity index (χ1) is 17.1. The van der Waals surface area contributed by atoms with Crippen LogP contribution in [0.5, 0.6) is 11.5 Å². The zero-order valence-electron chi connectivity index (χ0n) is 20.0. The first kappa shape index (κ1) is 25.3. The molecule has 3 heterocycles. The summed E-state index contributed by atoms with van der Waals surface area (Å²) >= 11 is 1.32. The second-order valence-electron chi connectivity index (χ2n) is 8.81. The van der Waals surface area contributed by atoms with Crippen LogP contribution in [0, 0.1) is 0 Å². The minimum atomic E-state index is -1.08. The van der Waals surface area contributed by atoms with E-state index in [-0.39, 0.29) is 12.4 Å². The first-order valence-electron chi connectivity index (χ1n) is 11.0. The number of ether oxygens (including phenoxy) is 2. The van der Waals surface area contributed by atoms with Gasteiger partial charge in [-0.3, -0.25) is 19.7 Å². The molecule has 3 amide bonds. The van der Waals surface area contributed by atoms with Crippen LogP contribution in [0.4, 0.5) is 0 Å². The van der Waals surface area contributed by atoms with E-state index in [4.69, 9.17) is 9.47 Å². The van der Waals surface area contributed by atoms with Gasteiger partial charge in [0.25, 0.3) is 5.91 Å². The van der Waals surface area contributed by atoms with E-state index < -0.39 is 51.9 Å². The Morgan fingerprint density at radius 2 is 2.06 bits per heavy atom. The number of amides is 3. The number of carbonyl (C=O) groups excluding carboxylic acids is 3. The van der Waals surface area contributed by atoms with Gasteiger partial charge in [-0.2, -0.15) is 5.10 Å². The molecule has 1 aromatic carbocycles. The number of aliphatic carboxylic acids is 1. The molecule has 4 atom stereocenters. The summed E-state index contributed by atoms with van der Waals surface area (Å²) in [7, 11) is 3.06. The predicted octanol–water partition coefficient (Wildman–Crippen LogP) is -0.496. The molecule has 13 nitrogen and oxygen atoms in total. The van der Waals surface area contributed by atoms with Gasteiger partial charge in [0.1, 0.15) is 35.0 Å². The second kappa shape index (κ2) is 9.68. The molecule has 14 heteroatoms. The number of methoxy groups -OCH3 is 2. The van der Waals surface area contributed by atoms with Crippen molar-refractivity contribution in [1.82, 2.24) is 21.0 Å². The molecule has 4 unspecified atom stereocenters. The zero-order valence-corrected chi connectivity index (χ0v) is 20.8. The lowest BCUT2D eigenvalue weighted by Crippen LogP contribution is -2.70. The normalized spacial score (nSPS) is 26.1. The van der Waals surface area contributed by atoms with Crippen molar-refractivity contribution in [3.05, 3.63) is 23.8 Å². The topological polar surface area (TPSA) is 171 Å². The summed E-state index contributed by atoms with van der Waals surface area (Å²) in [6.07, 6.45) is 1.20. The first-order valence-corrected chi connectivity index (χ1v) is 11.9. The molecule has 4 rings (SSSR count). The molecule has 0 spiro atoms. The smallest absolute Gasteiger partial charge is 0.327 e. The Labute approximate surface area is 210 Å². The summed E-state index contributed by atoms with van der Waals surface area (Å²) in [4.78, 5) is 54.4. The van der Waals surface area contributed by atoms with Crippen LogP contribution in [-0.2, 0) is 19.2 Å². The Morgan fingerprint density at radius 3 is 2.72 bits per heavy atom. The van der Waals surface area contributed by atoms with Gasteiger partial charge >= 0.3 is 5.97 Å². The van der Waals surface area contributed by atoms with Crippen molar-refractivity contribution in [1.29, 1.82) is 0 Å². The van der Waals surface area contributed by atoms with E-state index in [0.717, 1.165) is 0 Å². The summed E-state index contributed by atoms with van der Waals surface area (Å²) < 4.78 is 9.75.